The van der Waals surface area contributed by atoms with Gasteiger partial charge in [0.05, 0.1) is 0 Å². The van der Waals surface area contributed by atoms with Crippen LogP contribution in [0.25, 0.3) is 0 Å². The quantitative estimate of drug-likeness (QED) is 0.327. The fourth-order valence-electron chi connectivity index (χ4n) is 2.11. The maximum absolute atomic E-state index is 13.2. The van der Waals surface area contributed by atoms with Gasteiger partial charge in [0.15, 0.2) is 0 Å². The predicted octanol–water partition coefficient (Wildman–Crippen LogP) is 4.09. The van der Waals surface area contributed by atoms with E-state index < -0.39 is 95.7 Å². The van der Waals surface area contributed by atoms with Gasteiger partial charge in [0.1, 0.15) is 0 Å². The van der Waals surface area contributed by atoms with Gasteiger partial charge in [0.2, 0.25) is 5.91 Å². The largest absolute Gasteiger partial charge is 0.463 e. The third-order valence-corrected chi connectivity index (χ3v) is 4.00. The molecule has 0 heterocycles. The van der Waals surface area contributed by atoms with E-state index >= 15 is 0 Å². The molecule has 0 aliphatic carbocycles. The Balaban J connectivity index is 5.92. The summed E-state index contributed by atoms with van der Waals surface area (Å²) < 4.78 is 190. The van der Waals surface area contributed by atoms with Crippen molar-refractivity contribution < 1.29 is 85.0 Å². The molecule has 0 aromatic heterocycles. The first-order valence-electron chi connectivity index (χ1n) is 8.68. The van der Waals surface area contributed by atoms with E-state index in [9.17, 15) is 85.0 Å². The van der Waals surface area contributed by atoms with Gasteiger partial charge in [-0.3, -0.25) is 29.0 Å². The van der Waals surface area contributed by atoms with Crippen LogP contribution in [0.15, 0.2) is 0 Å². The zero-order chi connectivity index (χ0) is 29.3. The summed E-state index contributed by atoms with van der Waals surface area (Å²) in [6, 6.07) is 0. The van der Waals surface area contributed by atoms with E-state index in [-0.39, 0.29) is 6.92 Å². The molecular formula is C15H11F15N2O4. The molecular weight excluding hydrogens is 557 g/mol. The second-order valence-electron chi connectivity index (χ2n) is 6.66. The molecule has 0 aromatic rings. The molecule has 0 saturated heterocycles. The van der Waals surface area contributed by atoms with Gasteiger partial charge in [-0.2, -0.15) is 65.9 Å². The van der Waals surface area contributed by atoms with Crippen LogP contribution in [-0.4, -0.2) is 82.8 Å². The van der Waals surface area contributed by atoms with E-state index in [2.05, 4.69) is 0 Å². The number of amides is 4. The van der Waals surface area contributed by atoms with Gasteiger partial charge in [-0.15, -0.1) is 0 Å². The monoisotopic (exact) mass is 568 g/mol. The minimum Gasteiger partial charge on any atom is -0.277 e. The molecule has 0 rings (SSSR count). The van der Waals surface area contributed by atoms with E-state index in [1.54, 1.807) is 0 Å². The molecule has 4 amide bonds. The number of imide groups is 2. The van der Waals surface area contributed by atoms with Crippen molar-refractivity contribution >= 4 is 23.6 Å². The summed E-state index contributed by atoms with van der Waals surface area (Å²) in [6.45, 7) is -3.40. The van der Waals surface area contributed by atoms with E-state index in [0.717, 1.165) is 0 Å². The molecule has 0 bridgehead atoms. The Morgan fingerprint density at radius 2 is 0.694 bits per heavy atom. The van der Waals surface area contributed by atoms with Gasteiger partial charge in [-0.25, -0.2) is 0 Å². The van der Waals surface area contributed by atoms with Crippen LogP contribution in [0, 0.1) is 0 Å². The Morgan fingerprint density at radius 1 is 0.472 bits per heavy atom. The Hall–Kier alpha value is -2.77. The smallest absolute Gasteiger partial charge is 0.277 e. The summed E-state index contributed by atoms with van der Waals surface area (Å²) >= 11 is 0. The zero-order valence-electron chi connectivity index (χ0n) is 17.0. The molecule has 0 aliphatic heterocycles. The topological polar surface area (TPSA) is 74.8 Å². The van der Waals surface area contributed by atoms with Gasteiger partial charge in [0.25, 0.3) is 0 Å². The molecule has 0 unspecified atom stereocenters. The van der Waals surface area contributed by atoms with Gasteiger partial charge in [-0.05, 0) is 12.8 Å². The minimum absolute atomic E-state index is 0.261. The standard InChI is InChI=1S/C15H11F15N2O4/c1-6(33)31(7(34)10(16,17)13(22,23)24)4-2-3-5-32(8(35)11(18,19)14(25,26)27)9(36)12(20,21)15(28,29)30/h2-5H2,1H3. The summed E-state index contributed by atoms with van der Waals surface area (Å²) in [5, 5.41) is 0. The Kier molecular flexibility index (Phi) is 9.51. The maximum atomic E-state index is 13.2. The fourth-order valence-corrected chi connectivity index (χ4v) is 2.11. The number of carbonyl (C=O) groups excluding carboxylic acids is 4. The number of hydrogen-bond donors (Lipinski definition) is 0. The van der Waals surface area contributed by atoms with Gasteiger partial charge < -0.3 is 0 Å². The summed E-state index contributed by atoms with van der Waals surface area (Å²) in [5.74, 6) is -32.3. The van der Waals surface area contributed by atoms with Crippen molar-refractivity contribution in [1.82, 2.24) is 9.80 Å². The van der Waals surface area contributed by atoms with Crippen LogP contribution in [-0.2, 0) is 19.2 Å². The van der Waals surface area contributed by atoms with Crippen molar-refractivity contribution in [3.8, 4) is 0 Å². The molecule has 0 N–H and O–H groups in total. The first-order chi connectivity index (χ1) is 15.7. The number of unbranched alkanes of at least 4 members (excludes halogenated alkanes) is 1. The number of nitrogens with zero attached hydrogens (tertiary/aromatic N) is 2. The molecule has 6 nitrogen and oxygen atoms in total. The number of halogens is 15. The molecule has 0 radical (unpaired) electrons. The average Bonchev–Trinajstić information content (AvgIpc) is 2.66. The first-order valence-corrected chi connectivity index (χ1v) is 8.68. The van der Waals surface area contributed by atoms with Gasteiger partial charge >= 0.3 is 54.0 Å². The van der Waals surface area contributed by atoms with Crippen LogP contribution in [0.3, 0.4) is 0 Å². The molecule has 0 atom stereocenters. The highest BCUT2D eigenvalue weighted by Gasteiger charge is 2.70. The zero-order valence-corrected chi connectivity index (χ0v) is 17.0. The van der Waals surface area contributed by atoms with E-state index in [0.29, 0.717) is 0 Å². The number of rotatable bonds is 8. The SMILES string of the molecule is CC(=O)N(CCCCN(C(=O)C(F)(F)C(F)(F)F)C(=O)C(F)(F)C(F)(F)F)C(=O)C(F)(F)C(F)(F)F. The maximum Gasteiger partial charge on any atom is 0.463 e. The Labute approximate surface area is 188 Å². The lowest BCUT2D eigenvalue weighted by molar-refractivity contribution is -0.283. The Morgan fingerprint density at radius 3 is 0.917 bits per heavy atom. The van der Waals surface area contributed by atoms with Crippen LogP contribution in [0.5, 0.6) is 0 Å². The van der Waals surface area contributed by atoms with Crippen molar-refractivity contribution in [2.45, 2.75) is 56.1 Å². The van der Waals surface area contributed by atoms with Crippen LogP contribution >= 0.6 is 0 Å². The third-order valence-electron chi connectivity index (χ3n) is 4.00. The van der Waals surface area contributed by atoms with E-state index in [4.69, 9.17) is 0 Å². The summed E-state index contributed by atoms with van der Waals surface area (Å²) in [5.41, 5.74) is 0. The van der Waals surface area contributed by atoms with Crippen molar-refractivity contribution in [3.05, 3.63) is 0 Å². The number of carbonyl (C=O) groups is 4. The average molecular weight is 568 g/mol. The molecule has 0 fully saturated rings. The molecule has 0 saturated carbocycles. The number of hydrogen-bond acceptors (Lipinski definition) is 4. The highest BCUT2D eigenvalue weighted by Crippen LogP contribution is 2.41. The van der Waals surface area contributed by atoms with Crippen molar-refractivity contribution in [1.29, 1.82) is 0 Å². The lowest BCUT2D eigenvalue weighted by atomic mass is 10.1. The predicted molar refractivity (Wildman–Crippen MR) is 81.4 cm³/mol. The van der Waals surface area contributed by atoms with E-state index in [1.807, 2.05) is 0 Å². The van der Waals surface area contributed by atoms with Crippen LogP contribution in [0.4, 0.5) is 65.9 Å². The molecule has 21 heteroatoms. The minimum atomic E-state index is -6.89. The van der Waals surface area contributed by atoms with Crippen LogP contribution in [0.1, 0.15) is 19.8 Å². The molecule has 36 heavy (non-hydrogen) atoms. The third kappa shape index (κ3) is 6.71. The molecule has 210 valence electrons. The highest BCUT2D eigenvalue weighted by atomic mass is 19.4. The second kappa shape index (κ2) is 10.3. The summed E-state index contributed by atoms with van der Waals surface area (Å²) in [6.07, 6.45) is -23.0. The van der Waals surface area contributed by atoms with Crippen molar-refractivity contribution in [2.24, 2.45) is 0 Å². The van der Waals surface area contributed by atoms with Crippen molar-refractivity contribution in [2.75, 3.05) is 13.1 Å². The number of alkyl halides is 15. The molecule has 0 aliphatic rings. The lowest BCUT2D eigenvalue weighted by Gasteiger charge is -2.30. The first kappa shape index (κ1) is 33.2. The van der Waals surface area contributed by atoms with E-state index in [1.165, 1.54) is 0 Å². The summed E-state index contributed by atoms with van der Waals surface area (Å²) in [7, 11) is 0. The van der Waals surface area contributed by atoms with Gasteiger partial charge in [0, 0.05) is 20.0 Å². The Bertz CT molecular complexity index is 822. The highest BCUT2D eigenvalue weighted by molar-refractivity contribution is 6.02. The fraction of sp³-hybridized carbons (Fsp3) is 0.733. The normalized spacial score (nSPS) is 13.9. The van der Waals surface area contributed by atoms with Gasteiger partial charge in [-0.1, -0.05) is 0 Å². The van der Waals surface area contributed by atoms with Crippen LogP contribution in [0.2, 0.25) is 0 Å². The molecule has 0 spiro atoms. The lowest BCUT2D eigenvalue weighted by Crippen LogP contribution is -2.60. The van der Waals surface area contributed by atoms with Crippen molar-refractivity contribution in [3.63, 3.8) is 0 Å². The second-order valence-corrected chi connectivity index (χ2v) is 6.66. The summed E-state index contributed by atoms with van der Waals surface area (Å²) in [4.78, 5) is 42.7. The molecule has 0 aromatic carbocycles. The van der Waals surface area contributed by atoms with Crippen LogP contribution < -0.4 is 0 Å².